The van der Waals surface area contributed by atoms with Gasteiger partial charge in [0.1, 0.15) is 0 Å². The van der Waals surface area contributed by atoms with Crippen LogP contribution in [0.4, 0.5) is 0 Å². The van der Waals surface area contributed by atoms with Crippen molar-refractivity contribution < 1.29 is 14.0 Å². The summed E-state index contributed by atoms with van der Waals surface area (Å²) < 4.78 is 6.04. The molecule has 2 saturated carbocycles. The number of carbonyl (C=O) groups excluding carboxylic acids is 2. The van der Waals surface area contributed by atoms with Crippen LogP contribution in [0, 0.1) is 11.3 Å². The maximum Gasteiger partial charge on any atom is 0.234 e. The zero-order valence-corrected chi connectivity index (χ0v) is 20.2. The molecule has 8 nitrogen and oxygen atoms in total. The van der Waals surface area contributed by atoms with E-state index in [4.69, 9.17) is 4.42 Å². The van der Waals surface area contributed by atoms with Crippen LogP contribution in [0.2, 0.25) is 0 Å². The smallest absolute Gasteiger partial charge is 0.234 e. The monoisotopic (exact) mass is 457 g/mol. The maximum atomic E-state index is 12.9. The predicted molar refractivity (Wildman–Crippen MR) is 123 cm³/mol. The number of hydrogen-bond donors (Lipinski definition) is 1. The topological polar surface area (TPSA) is 91.6 Å². The van der Waals surface area contributed by atoms with Gasteiger partial charge in [-0.1, -0.05) is 26.7 Å². The first-order valence-corrected chi connectivity index (χ1v) is 13.1. The van der Waals surface area contributed by atoms with Crippen molar-refractivity contribution in [1.29, 1.82) is 0 Å². The van der Waals surface area contributed by atoms with E-state index in [9.17, 15) is 9.59 Å². The van der Waals surface area contributed by atoms with E-state index in [0.29, 0.717) is 36.2 Å². The van der Waals surface area contributed by atoms with Crippen molar-refractivity contribution in [2.45, 2.75) is 96.1 Å². The van der Waals surface area contributed by atoms with Gasteiger partial charge in [0, 0.05) is 38.0 Å². The average Bonchev–Trinajstić information content (AvgIpc) is 3.18. The van der Waals surface area contributed by atoms with Gasteiger partial charge in [0.25, 0.3) is 0 Å². The molecular formula is C25H39N5O3. The van der Waals surface area contributed by atoms with E-state index in [0.717, 1.165) is 58.2 Å². The van der Waals surface area contributed by atoms with E-state index in [-0.39, 0.29) is 23.3 Å². The van der Waals surface area contributed by atoms with Gasteiger partial charge < -0.3 is 14.6 Å². The SMILES string of the molecule is CC(C)c1nnc(C2CC3(CCN(C(=O)CC4CCCC4)CC3)CN2CC(=O)NC2CC2)o1. The van der Waals surface area contributed by atoms with Crippen LogP contribution in [-0.2, 0) is 9.59 Å². The molecule has 2 amide bonds. The number of rotatable bonds is 7. The van der Waals surface area contributed by atoms with Gasteiger partial charge in [0.2, 0.25) is 23.6 Å². The lowest BCUT2D eigenvalue weighted by Gasteiger charge is -2.39. The lowest BCUT2D eigenvalue weighted by atomic mass is 9.76. The molecule has 1 atom stereocenters. The first kappa shape index (κ1) is 22.8. The summed E-state index contributed by atoms with van der Waals surface area (Å²) in [4.78, 5) is 29.8. The summed E-state index contributed by atoms with van der Waals surface area (Å²) in [6, 6.07) is 0.327. The summed E-state index contributed by atoms with van der Waals surface area (Å²) in [6.45, 7) is 6.95. The second-order valence-corrected chi connectivity index (χ2v) is 11.3. The normalized spacial score (nSPS) is 25.9. The van der Waals surface area contributed by atoms with E-state index >= 15 is 0 Å². The van der Waals surface area contributed by atoms with Crippen molar-refractivity contribution in [2.24, 2.45) is 11.3 Å². The van der Waals surface area contributed by atoms with Gasteiger partial charge in [0.05, 0.1) is 12.6 Å². The Labute approximate surface area is 196 Å². The largest absolute Gasteiger partial charge is 0.423 e. The summed E-state index contributed by atoms with van der Waals surface area (Å²) >= 11 is 0. The Morgan fingerprint density at radius 3 is 2.48 bits per heavy atom. The molecule has 1 aromatic heterocycles. The minimum atomic E-state index is -0.0318. The number of aromatic nitrogens is 2. The molecule has 0 bridgehead atoms. The van der Waals surface area contributed by atoms with Gasteiger partial charge in [-0.15, -0.1) is 10.2 Å². The van der Waals surface area contributed by atoms with Crippen LogP contribution in [0.5, 0.6) is 0 Å². The summed E-state index contributed by atoms with van der Waals surface area (Å²) in [5.41, 5.74) is 0.0983. The molecular weight excluding hydrogens is 418 g/mol. The van der Waals surface area contributed by atoms with Crippen molar-refractivity contribution in [3.05, 3.63) is 11.8 Å². The third kappa shape index (κ3) is 5.26. The van der Waals surface area contributed by atoms with Gasteiger partial charge >= 0.3 is 0 Å². The molecule has 0 radical (unpaired) electrons. The van der Waals surface area contributed by atoms with Gasteiger partial charge in [-0.3, -0.25) is 14.5 Å². The number of nitrogens with zero attached hydrogens (tertiary/aromatic N) is 4. The summed E-state index contributed by atoms with van der Waals surface area (Å²) in [6.07, 6.45) is 10.8. The highest BCUT2D eigenvalue weighted by atomic mass is 16.4. The lowest BCUT2D eigenvalue weighted by molar-refractivity contribution is -0.134. The van der Waals surface area contributed by atoms with E-state index in [1.165, 1.54) is 25.7 Å². The zero-order valence-electron chi connectivity index (χ0n) is 20.2. The molecule has 2 aliphatic heterocycles. The van der Waals surface area contributed by atoms with Crippen molar-refractivity contribution in [1.82, 2.24) is 25.3 Å². The molecule has 5 rings (SSSR count). The zero-order chi connectivity index (χ0) is 23.0. The van der Waals surface area contributed by atoms with Crippen LogP contribution in [0.3, 0.4) is 0 Å². The third-order valence-corrected chi connectivity index (χ3v) is 8.24. The van der Waals surface area contributed by atoms with Gasteiger partial charge in [-0.25, -0.2) is 0 Å². The fourth-order valence-corrected chi connectivity index (χ4v) is 6.04. The Balaban J connectivity index is 1.24. The second kappa shape index (κ2) is 9.35. The number of likely N-dealkylation sites (tertiary alicyclic amines) is 2. The highest BCUT2D eigenvalue weighted by Crippen LogP contribution is 2.49. The number of piperidine rings is 1. The van der Waals surface area contributed by atoms with Crippen molar-refractivity contribution in [2.75, 3.05) is 26.2 Å². The number of carbonyl (C=O) groups is 2. The first-order chi connectivity index (χ1) is 15.9. The van der Waals surface area contributed by atoms with Crippen molar-refractivity contribution >= 4 is 11.8 Å². The fourth-order valence-electron chi connectivity index (χ4n) is 6.04. The van der Waals surface area contributed by atoms with Gasteiger partial charge in [-0.2, -0.15) is 0 Å². The number of nitrogens with one attached hydrogen (secondary N) is 1. The molecule has 182 valence electrons. The lowest BCUT2D eigenvalue weighted by Crippen LogP contribution is -2.45. The Kier molecular flexibility index (Phi) is 6.47. The molecule has 8 heteroatoms. The minimum Gasteiger partial charge on any atom is -0.423 e. The van der Waals surface area contributed by atoms with Crippen molar-refractivity contribution in [3.8, 4) is 0 Å². The highest BCUT2D eigenvalue weighted by molar-refractivity contribution is 5.78. The van der Waals surface area contributed by atoms with Crippen LogP contribution in [0.15, 0.2) is 4.42 Å². The summed E-state index contributed by atoms with van der Waals surface area (Å²) in [5.74, 6) is 2.49. The molecule has 1 aromatic rings. The average molecular weight is 458 g/mol. The standard InChI is InChI=1S/C25H39N5O3/c1-17(2)23-27-28-24(33-23)20-14-25(16-30(20)15-21(31)26-19-7-8-19)9-11-29(12-10-25)22(32)13-18-5-3-4-6-18/h17-20H,3-16H2,1-2H3,(H,26,31). The second-order valence-electron chi connectivity index (χ2n) is 11.3. The van der Waals surface area contributed by atoms with E-state index in [1.54, 1.807) is 0 Å². The Morgan fingerprint density at radius 2 is 1.85 bits per heavy atom. The molecule has 3 heterocycles. The van der Waals surface area contributed by atoms with Crippen LogP contribution >= 0.6 is 0 Å². The Hall–Kier alpha value is -1.96. The fraction of sp³-hybridized carbons (Fsp3) is 0.840. The van der Waals surface area contributed by atoms with Crippen LogP contribution in [-0.4, -0.2) is 64.0 Å². The quantitative estimate of drug-likeness (QED) is 0.675. The number of hydrogen-bond acceptors (Lipinski definition) is 6. The van der Waals surface area contributed by atoms with E-state index in [2.05, 4.69) is 25.3 Å². The van der Waals surface area contributed by atoms with E-state index in [1.807, 2.05) is 13.8 Å². The predicted octanol–water partition coefficient (Wildman–Crippen LogP) is 3.41. The van der Waals surface area contributed by atoms with Gasteiger partial charge in [-0.05, 0) is 56.3 Å². The molecule has 2 saturated heterocycles. The molecule has 1 unspecified atom stereocenters. The summed E-state index contributed by atoms with van der Waals surface area (Å²) in [5, 5.41) is 11.8. The summed E-state index contributed by atoms with van der Waals surface area (Å²) in [7, 11) is 0. The molecule has 1 spiro atoms. The third-order valence-electron chi connectivity index (χ3n) is 8.24. The highest BCUT2D eigenvalue weighted by Gasteiger charge is 2.49. The maximum absolute atomic E-state index is 12.9. The van der Waals surface area contributed by atoms with Crippen LogP contribution in [0.1, 0.15) is 102 Å². The number of amides is 2. The molecule has 2 aliphatic carbocycles. The molecule has 4 aliphatic rings. The van der Waals surface area contributed by atoms with Gasteiger partial charge in [0.15, 0.2) is 0 Å². The van der Waals surface area contributed by atoms with Crippen LogP contribution < -0.4 is 5.32 Å². The molecule has 33 heavy (non-hydrogen) atoms. The Bertz CT molecular complexity index is 850. The molecule has 0 aromatic carbocycles. The van der Waals surface area contributed by atoms with E-state index < -0.39 is 0 Å². The van der Waals surface area contributed by atoms with Crippen LogP contribution in [0.25, 0.3) is 0 Å². The van der Waals surface area contributed by atoms with Crippen molar-refractivity contribution in [3.63, 3.8) is 0 Å². The first-order valence-electron chi connectivity index (χ1n) is 13.1. The Morgan fingerprint density at radius 1 is 1.12 bits per heavy atom. The molecule has 4 fully saturated rings. The molecule has 1 N–H and O–H groups in total. The minimum absolute atomic E-state index is 0.0318.